The van der Waals surface area contributed by atoms with Crippen LogP contribution in [0.15, 0.2) is 48.5 Å². The molecule has 2 N–H and O–H groups in total. The highest BCUT2D eigenvalue weighted by atomic mass is 16.3. The van der Waals surface area contributed by atoms with Crippen molar-refractivity contribution < 1.29 is 15.0 Å². The van der Waals surface area contributed by atoms with Gasteiger partial charge in [0.05, 0.1) is 12.2 Å². The first-order valence-corrected chi connectivity index (χ1v) is 9.27. The smallest absolute Gasteiger partial charge is 0.254 e. The summed E-state index contributed by atoms with van der Waals surface area (Å²) in [7, 11) is 0. The maximum atomic E-state index is 13.1. The molecule has 138 valence electrons. The van der Waals surface area contributed by atoms with Crippen molar-refractivity contribution in [3.05, 3.63) is 70.8 Å². The molecule has 1 atom stereocenters. The highest BCUT2D eigenvalue weighted by Gasteiger charge is 2.31. The number of hydrogen-bond acceptors (Lipinski definition) is 3. The molecule has 1 aliphatic rings. The van der Waals surface area contributed by atoms with Crippen LogP contribution >= 0.6 is 0 Å². The van der Waals surface area contributed by atoms with E-state index < -0.39 is 5.60 Å². The summed E-state index contributed by atoms with van der Waals surface area (Å²) in [5.41, 5.74) is 3.09. The van der Waals surface area contributed by atoms with Crippen molar-refractivity contribution in [2.24, 2.45) is 0 Å². The van der Waals surface area contributed by atoms with Gasteiger partial charge in [-0.15, -0.1) is 0 Å². The van der Waals surface area contributed by atoms with E-state index in [0.717, 1.165) is 17.5 Å². The molecule has 0 aliphatic carbocycles. The van der Waals surface area contributed by atoms with Crippen molar-refractivity contribution in [3.8, 4) is 0 Å². The molecule has 1 fully saturated rings. The van der Waals surface area contributed by atoms with Crippen molar-refractivity contribution in [2.75, 3.05) is 19.7 Å². The molecular formula is C22H27NO3. The molecular weight excluding hydrogens is 326 g/mol. The summed E-state index contributed by atoms with van der Waals surface area (Å²) in [4.78, 5) is 14.9. The van der Waals surface area contributed by atoms with Gasteiger partial charge in [-0.1, -0.05) is 48.0 Å². The highest BCUT2D eigenvalue weighted by Crippen LogP contribution is 2.24. The van der Waals surface area contributed by atoms with E-state index in [4.69, 9.17) is 0 Å². The molecule has 1 amide bonds. The van der Waals surface area contributed by atoms with Crippen LogP contribution in [0.25, 0.3) is 0 Å². The maximum absolute atomic E-state index is 13.1. The van der Waals surface area contributed by atoms with Crippen molar-refractivity contribution in [2.45, 2.75) is 38.2 Å². The molecule has 1 aliphatic heterocycles. The Morgan fingerprint density at radius 1 is 1.08 bits per heavy atom. The fourth-order valence-electron chi connectivity index (χ4n) is 3.52. The molecule has 3 rings (SSSR count). The summed E-state index contributed by atoms with van der Waals surface area (Å²) in [6.45, 7) is 2.89. The van der Waals surface area contributed by atoms with Gasteiger partial charge in [0.25, 0.3) is 5.91 Å². The monoisotopic (exact) mass is 353 g/mol. The van der Waals surface area contributed by atoms with E-state index in [2.05, 4.69) is 31.2 Å². The fourth-order valence-corrected chi connectivity index (χ4v) is 3.52. The van der Waals surface area contributed by atoms with Gasteiger partial charge in [0.2, 0.25) is 0 Å². The van der Waals surface area contributed by atoms with Crippen molar-refractivity contribution in [3.63, 3.8) is 0 Å². The number of nitrogens with zero attached hydrogens (tertiary/aromatic N) is 1. The second kappa shape index (κ2) is 8.02. The normalized spacial score (nSPS) is 20.7. The number of aliphatic hydroxyl groups is 2. The maximum Gasteiger partial charge on any atom is 0.254 e. The topological polar surface area (TPSA) is 60.8 Å². The summed E-state index contributed by atoms with van der Waals surface area (Å²) < 4.78 is 0. The Hall–Kier alpha value is -2.17. The van der Waals surface area contributed by atoms with Gasteiger partial charge in [-0.05, 0) is 49.8 Å². The standard InChI is InChI=1S/C22H27NO3/c1-17-7-9-18(10-8-17)15-19-5-2-3-6-20(19)21(25)23-13-4-11-22(26,16-24)12-14-23/h2-3,5-10,24,26H,4,11-16H2,1H3. The van der Waals surface area contributed by atoms with E-state index in [1.165, 1.54) is 11.1 Å². The average molecular weight is 353 g/mol. The van der Waals surface area contributed by atoms with E-state index in [9.17, 15) is 15.0 Å². The average Bonchev–Trinajstić information content (AvgIpc) is 2.86. The molecule has 0 spiro atoms. The SMILES string of the molecule is Cc1ccc(Cc2ccccc2C(=O)N2CCCC(O)(CO)CC2)cc1. The summed E-state index contributed by atoms with van der Waals surface area (Å²) in [6, 6.07) is 16.1. The fraction of sp³-hybridized carbons (Fsp3) is 0.409. The van der Waals surface area contributed by atoms with Gasteiger partial charge in [-0.2, -0.15) is 0 Å². The summed E-state index contributed by atoms with van der Waals surface area (Å²) >= 11 is 0. The molecule has 0 aromatic heterocycles. The van der Waals surface area contributed by atoms with Crippen LogP contribution in [0.4, 0.5) is 0 Å². The summed E-state index contributed by atoms with van der Waals surface area (Å²) in [5.74, 6) is 0.00917. The Labute approximate surface area is 155 Å². The molecule has 26 heavy (non-hydrogen) atoms. The molecule has 1 unspecified atom stereocenters. The molecule has 1 heterocycles. The van der Waals surface area contributed by atoms with Crippen molar-refractivity contribution in [1.82, 2.24) is 4.90 Å². The van der Waals surface area contributed by atoms with Gasteiger partial charge in [-0.25, -0.2) is 0 Å². The molecule has 4 nitrogen and oxygen atoms in total. The highest BCUT2D eigenvalue weighted by molar-refractivity contribution is 5.95. The predicted octanol–water partition coefficient (Wildman–Crippen LogP) is 2.94. The number of carbonyl (C=O) groups excluding carboxylic acids is 1. The molecule has 0 bridgehead atoms. The number of likely N-dealkylation sites (tertiary alicyclic amines) is 1. The third kappa shape index (κ3) is 4.32. The zero-order chi connectivity index (χ0) is 18.6. The van der Waals surface area contributed by atoms with Gasteiger partial charge < -0.3 is 15.1 Å². The number of hydrogen-bond donors (Lipinski definition) is 2. The van der Waals surface area contributed by atoms with Crippen LogP contribution < -0.4 is 0 Å². The minimum Gasteiger partial charge on any atom is -0.393 e. The van der Waals surface area contributed by atoms with Crippen LogP contribution in [0, 0.1) is 6.92 Å². The van der Waals surface area contributed by atoms with Gasteiger partial charge >= 0.3 is 0 Å². The lowest BCUT2D eigenvalue weighted by molar-refractivity contribution is -0.0250. The third-order valence-electron chi connectivity index (χ3n) is 5.26. The lowest BCUT2D eigenvalue weighted by Crippen LogP contribution is -2.36. The summed E-state index contributed by atoms with van der Waals surface area (Å²) in [5, 5.41) is 19.7. The van der Waals surface area contributed by atoms with Gasteiger partial charge in [0.15, 0.2) is 0 Å². The van der Waals surface area contributed by atoms with Crippen LogP contribution in [0.2, 0.25) is 0 Å². The van der Waals surface area contributed by atoms with Crippen LogP contribution in [-0.4, -0.2) is 46.3 Å². The van der Waals surface area contributed by atoms with E-state index in [1.54, 1.807) is 0 Å². The zero-order valence-electron chi connectivity index (χ0n) is 15.3. The summed E-state index contributed by atoms with van der Waals surface area (Å²) in [6.07, 6.45) is 2.35. The lowest BCUT2D eigenvalue weighted by Gasteiger charge is -2.25. The Morgan fingerprint density at radius 3 is 2.54 bits per heavy atom. The molecule has 0 saturated carbocycles. The quantitative estimate of drug-likeness (QED) is 0.888. The first-order chi connectivity index (χ1) is 12.5. The van der Waals surface area contributed by atoms with Crippen LogP contribution in [0.1, 0.15) is 46.3 Å². The van der Waals surface area contributed by atoms with E-state index in [-0.39, 0.29) is 12.5 Å². The number of amides is 1. The Kier molecular flexibility index (Phi) is 5.74. The van der Waals surface area contributed by atoms with E-state index in [1.807, 2.05) is 29.2 Å². The van der Waals surface area contributed by atoms with Crippen LogP contribution in [0.3, 0.4) is 0 Å². The number of rotatable bonds is 4. The molecule has 0 radical (unpaired) electrons. The van der Waals surface area contributed by atoms with Crippen LogP contribution in [-0.2, 0) is 6.42 Å². The number of aliphatic hydroxyl groups excluding tert-OH is 1. The van der Waals surface area contributed by atoms with Gasteiger partial charge in [0.1, 0.15) is 0 Å². The van der Waals surface area contributed by atoms with E-state index >= 15 is 0 Å². The van der Waals surface area contributed by atoms with Gasteiger partial charge in [-0.3, -0.25) is 4.79 Å². The first kappa shape index (κ1) is 18.6. The molecule has 2 aromatic carbocycles. The van der Waals surface area contributed by atoms with Crippen molar-refractivity contribution >= 4 is 5.91 Å². The number of benzene rings is 2. The molecule has 1 saturated heterocycles. The predicted molar refractivity (Wildman–Crippen MR) is 102 cm³/mol. The molecule has 4 heteroatoms. The molecule has 2 aromatic rings. The minimum atomic E-state index is -1.06. The second-order valence-corrected chi connectivity index (χ2v) is 7.35. The zero-order valence-corrected chi connectivity index (χ0v) is 15.3. The van der Waals surface area contributed by atoms with E-state index in [0.29, 0.717) is 32.4 Å². The second-order valence-electron chi connectivity index (χ2n) is 7.35. The Balaban J connectivity index is 1.78. The van der Waals surface area contributed by atoms with Crippen LogP contribution in [0.5, 0.6) is 0 Å². The Morgan fingerprint density at radius 2 is 1.81 bits per heavy atom. The third-order valence-corrected chi connectivity index (χ3v) is 5.26. The minimum absolute atomic E-state index is 0.00917. The number of aryl methyl sites for hydroxylation is 1. The van der Waals surface area contributed by atoms with Crippen molar-refractivity contribution in [1.29, 1.82) is 0 Å². The number of carbonyl (C=O) groups is 1. The Bertz CT molecular complexity index is 756. The largest absolute Gasteiger partial charge is 0.393 e. The lowest BCUT2D eigenvalue weighted by atomic mass is 9.96. The first-order valence-electron chi connectivity index (χ1n) is 9.27. The van der Waals surface area contributed by atoms with Gasteiger partial charge in [0, 0.05) is 18.7 Å².